The van der Waals surface area contributed by atoms with Crippen molar-refractivity contribution in [3.8, 4) is 0 Å². The Labute approximate surface area is 175 Å². The number of hydrogen-bond acceptors (Lipinski definition) is 10. The van der Waals surface area contributed by atoms with Crippen molar-refractivity contribution < 1.29 is 33.4 Å². The van der Waals surface area contributed by atoms with E-state index in [9.17, 15) is 19.2 Å². The molecule has 0 spiro atoms. The molecule has 1 heterocycles. The third kappa shape index (κ3) is 5.88. The third-order valence-corrected chi connectivity index (χ3v) is 4.37. The van der Waals surface area contributed by atoms with Crippen molar-refractivity contribution in [1.29, 1.82) is 0 Å². The van der Waals surface area contributed by atoms with E-state index < -0.39 is 30.4 Å². The molecule has 1 aromatic carbocycles. The Morgan fingerprint density at radius 2 is 1.87 bits per heavy atom. The first-order valence-corrected chi connectivity index (χ1v) is 9.35. The smallest absolute Gasteiger partial charge is 0.358 e. The molecule has 0 aliphatic heterocycles. The van der Waals surface area contributed by atoms with Gasteiger partial charge in [-0.1, -0.05) is 6.08 Å². The number of thiazole rings is 1. The highest BCUT2D eigenvalue weighted by molar-refractivity contribution is 7.13. The number of aromatic nitrogens is 1. The summed E-state index contributed by atoms with van der Waals surface area (Å²) in [7, 11) is 2.38. The van der Waals surface area contributed by atoms with Crippen LogP contribution in [0.15, 0.2) is 36.2 Å². The van der Waals surface area contributed by atoms with Gasteiger partial charge in [-0.15, -0.1) is 17.9 Å². The van der Waals surface area contributed by atoms with Gasteiger partial charge in [0.05, 0.1) is 31.0 Å². The summed E-state index contributed by atoms with van der Waals surface area (Å²) in [5.41, 5.74) is 0.180. The zero-order valence-corrected chi connectivity index (χ0v) is 17.0. The Morgan fingerprint density at radius 1 is 1.13 bits per heavy atom. The average Bonchev–Trinajstić information content (AvgIpc) is 3.24. The second-order valence-corrected chi connectivity index (χ2v) is 6.43. The lowest BCUT2D eigenvalue weighted by Crippen LogP contribution is -2.22. The van der Waals surface area contributed by atoms with Crippen molar-refractivity contribution in [2.75, 3.05) is 38.0 Å². The summed E-state index contributed by atoms with van der Waals surface area (Å²) in [6.45, 7) is 3.42. The summed E-state index contributed by atoms with van der Waals surface area (Å²) in [5.74, 6) is -2.89. The first-order valence-electron chi connectivity index (χ1n) is 8.47. The summed E-state index contributed by atoms with van der Waals surface area (Å²) < 4.78 is 14.2. The molecule has 1 aromatic heterocycles. The van der Waals surface area contributed by atoms with Crippen molar-refractivity contribution in [3.63, 3.8) is 0 Å². The first kappa shape index (κ1) is 22.6. The maximum atomic E-state index is 12.2. The highest BCUT2D eigenvalue weighted by Gasteiger charge is 2.19. The van der Waals surface area contributed by atoms with E-state index >= 15 is 0 Å². The van der Waals surface area contributed by atoms with Gasteiger partial charge < -0.3 is 24.8 Å². The van der Waals surface area contributed by atoms with Crippen LogP contribution < -0.4 is 10.6 Å². The molecule has 2 rings (SSSR count). The predicted molar refractivity (Wildman–Crippen MR) is 109 cm³/mol. The van der Waals surface area contributed by atoms with E-state index in [0.717, 1.165) is 0 Å². The molecule has 0 aliphatic carbocycles. The molecule has 2 aromatic rings. The van der Waals surface area contributed by atoms with Crippen LogP contribution in [0.1, 0.15) is 31.2 Å². The Morgan fingerprint density at radius 3 is 2.53 bits per heavy atom. The number of hydrogen-bond donors (Lipinski definition) is 2. The lowest BCUT2D eigenvalue weighted by Gasteiger charge is -2.11. The van der Waals surface area contributed by atoms with E-state index in [2.05, 4.69) is 31.7 Å². The van der Waals surface area contributed by atoms with Gasteiger partial charge in [0, 0.05) is 11.9 Å². The lowest BCUT2D eigenvalue weighted by atomic mass is 10.1. The van der Waals surface area contributed by atoms with Gasteiger partial charge in [-0.2, -0.15) is 0 Å². The first-order chi connectivity index (χ1) is 14.4. The summed E-state index contributed by atoms with van der Waals surface area (Å²) in [6.07, 6.45) is 1.64. The van der Waals surface area contributed by atoms with Crippen molar-refractivity contribution in [2.45, 2.75) is 0 Å². The van der Waals surface area contributed by atoms with Crippen molar-refractivity contribution >= 4 is 46.0 Å². The molecule has 0 unspecified atom stereocenters. The van der Waals surface area contributed by atoms with Crippen LogP contribution in [0.4, 0.5) is 10.8 Å². The van der Waals surface area contributed by atoms with E-state index in [1.54, 1.807) is 6.08 Å². The normalized spacial score (nSPS) is 9.93. The molecule has 0 atom stereocenters. The molecular formula is C19H19N3O7S. The van der Waals surface area contributed by atoms with Crippen molar-refractivity contribution in [3.05, 3.63) is 53.1 Å². The fourth-order valence-corrected chi connectivity index (χ4v) is 2.87. The molecule has 2 N–H and O–H groups in total. The molecule has 0 aliphatic rings. The second kappa shape index (κ2) is 10.7. The zero-order chi connectivity index (χ0) is 22.1. The summed E-state index contributed by atoms with van der Waals surface area (Å²) >= 11 is 1.20. The zero-order valence-electron chi connectivity index (χ0n) is 16.2. The van der Waals surface area contributed by atoms with Gasteiger partial charge in [-0.25, -0.2) is 19.4 Å². The second-order valence-electron chi connectivity index (χ2n) is 5.58. The van der Waals surface area contributed by atoms with Gasteiger partial charge in [0.15, 0.2) is 17.4 Å². The number of nitrogens with one attached hydrogen (secondary N) is 2. The van der Waals surface area contributed by atoms with Crippen LogP contribution in [0.25, 0.3) is 0 Å². The number of anilines is 2. The molecule has 1 amide bonds. The Hall–Kier alpha value is -3.73. The molecule has 11 heteroatoms. The van der Waals surface area contributed by atoms with E-state index in [-0.39, 0.29) is 22.5 Å². The molecule has 0 fully saturated rings. The number of carbonyl (C=O) groups excluding carboxylic acids is 4. The van der Waals surface area contributed by atoms with Crippen molar-refractivity contribution in [1.82, 2.24) is 4.98 Å². The van der Waals surface area contributed by atoms with Crippen LogP contribution in [0.5, 0.6) is 0 Å². The molecule has 0 radical (unpaired) electrons. The van der Waals surface area contributed by atoms with Crippen LogP contribution in [-0.4, -0.2) is 56.2 Å². The number of nitrogens with zero attached hydrogens (tertiary/aromatic N) is 1. The predicted octanol–water partition coefficient (Wildman–Crippen LogP) is 2.11. The molecule has 0 saturated carbocycles. The maximum absolute atomic E-state index is 12.2. The van der Waals surface area contributed by atoms with Gasteiger partial charge in [-0.3, -0.25) is 4.79 Å². The molecular weight excluding hydrogens is 414 g/mol. The van der Waals surface area contributed by atoms with Gasteiger partial charge in [0.2, 0.25) is 0 Å². The minimum absolute atomic E-state index is 0.00960. The molecule has 30 heavy (non-hydrogen) atoms. The SMILES string of the molecule is C=CCNc1nc(C(=O)OCC(=O)Nc2cc(C(=O)OC)ccc2C(=O)OC)cs1. The van der Waals surface area contributed by atoms with E-state index in [0.29, 0.717) is 11.7 Å². The van der Waals surface area contributed by atoms with E-state index in [1.807, 2.05) is 0 Å². The topological polar surface area (TPSA) is 133 Å². The highest BCUT2D eigenvalue weighted by atomic mass is 32.1. The Bertz CT molecular complexity index is 971. The maximum Gasteiger partial charge on any atom is 0.358 e. The number of esters is 3. The minimum atomic E-state index is -0.787. The monoisotopic (exact) mass is 433 g/mol. The Balaban J connectivity index is 2.05. The lowest BCUT2D eigenvalue weighted by molar-refractivity contribution is -0.119. The third-order valence-electron chi connectivity index (χ3n) is 3.57. The summed E-state index contributed by atoms with van der Waals surface area (Å²) in [6, 6.07) is 3.93. The van der Waals surface area contributed by atoms with Gasteiger partial charge in [0.25, 0.3) is 5.91 Å². The van der Waals surface area contributed by atoms with Gasteiger partial charge in [-0.05, 0) is 18.2 Å². The van der Waals surface area contributed by atoms with Crippen LogP contribution in [0, 0.1) is 0 Å². The number of methoxy groups -OCH3 is 2. The summed E-state index contributed by atoms with van der Waals surface area (Å²) in [4.78, 5) is 51.9. The molecule has 0 saturated heterocycles. The molecule has 0 bridgehead atoms. The number of ether oxygens (including phenoxy) is 3. The van der Waals surface area contributed by atoms with Gasteiger partial charge >= 0.3 is 17.9 Å². The van der Waals surface area contributed by atoms with Gasteiger partial charge in [0.1, 0.15) is 0 Å². The average molecular weight is 433 g/mol. The number of carbonyl (C=O) groups is 4. The number of amides is 1. The molecule has 10 nitrogen and oxygen atoms in total. The number of benzene rings is 1. The molecule has 158 valence electrons. The highest BCUT2D eigenvalue weighted by Crippen LogP contribution is 2.20. The van der Waals surface area contributed by atoms with Crippen LogP contribution in [-0.2, 0) is 19.0 Å². The minimum Gasteiger partial charge on any atom is -0.465 e. The van der Waals surface area contributed by atoms with Crippen LogP contribution in [0.3, 0.4) is 0 Å². The summed E-state index contributed by atoms with van der Waals surface area (Å²) in [5, 5.41) is 7.34. The largest absolute Gasteiger partial charge is 0.465 e. The number of rotatable bonds is 9. The quantitative estimate of drug-likeness (QED) is 0.346. The van der Waals surface area contributed by atoms with E-state index in [1.165, 1.54) is 49.1 Å². The van der Waals surface area contributed by atoms with Crippen LogP contribution >= 0.6 is 11.3 Å². The van der Waals surface area contributed by atoms with Crippen LogP contribution in [0.2, 0.25) is 0 Å². The van der Waals surface area contributed by atoms with Crippen molar-refractivity contribution in [2.24, 2.45) is 0 Å². The fourth-order valence-electron chi connectivity index (χ4n) is 2.18. The fraction of sp³-hybridized carbons (Fsp3) is 0.211. The Kier molecular flexibility index (Phi) is 8.06. The standard InChI is InChI=1S/C19H19N3O7S/c1-4-7-20-19-22-14(10-30-19)18(26)29-9-15(23)21-13-8-11(16(24)27-2)5-6-12(13)17(25)28-3/h4-6,8,10H,1,7,9H2,2-3H3,(H,20,22)(H,21,23). The van der Waals surface area contributed by atoms with E-state index in [4.69, 9.17) is 4.74 Å².